The van der Waals surface area contributed by atoms with Crippen LogP contribution in [-0.4, -0.2) is 30.9 Å². The van der Waals surface area contributed by atoms with E-state index < -0.39 is 0 Å². The third-order valence-corrected chi connectivity index (χ3v) is 2.92. The molecule has 17 heavy (non-hydrogen) atoms. The Morgan fingerprint density at radius 3 is 2.65 bits per heavy atom. The second kappa shape index (κ2) is 6.84. The summed E-state index contributed by atoms with van der Waals surface area (Å²) in [4.78, 5) is 0. The van der Waals surface area contributed by atoms with E-state index in [1.165, 1.54) is 0 Å². The van der Waals surface area contributed by atoms with Gasteiger partial charge in [0, 0.05) is 13.1 Å². The molecule has 1 rings (SSSR count). The van der Waals surface area contributed by atoms with Gasteiger partial charge in [-0.3, -0.25) is 0 Å². The van der Waals surface area contributed by atoms with Gasteiger partial charge in [-0.1, -0.05) is 23.7 Å². The van der Waals surface area contributed by atoms with Crippen molar-refractivity contribution < 1.29 is 9.84 Å². The quantitative estimate of drug-likeness (QED) is 0.769. The van der Waals surface area contributed by atoms with Crippen LogP contribution in [0.3, 0.4) is 0 Å². The lowest BCUT2D eigenvalue weighted by Gasteiger charge is -2.13. The number of nitrogens with one attached hydrogen (secondary N) is 1. The second-order valence-electron chi connectivity index (χ2n) is 4.24. The molecule has 1 aromatic carbocycles. The summed E-state index contributed by atoms with van der Waals surface area (Å²) >= 11 is 6.18. The number of hydrogen-bond donors (Lipinski definition) is 2. The lowest BCUT2D eigenvalue weighted by Crippen LogP contribution is -2.28. The molecule has 0 heterocycles. The van der Waals surface area contributed by atoms with Crippen LogP contribution in [0.5, 0.6) is 5.75 Å². The van der Waals surface area contributed by atoms with Gasteiger partial charge in [-0.05, 0) is 31.9 Å². The summed E-state index contributed by atoms with van der Waals surface area (Å²) in [5, 5.41) is 12.8. The van der Waals surface area contributed by atoms with Crippen LogP contribution in [0.4, 0.5) is 0 Å². The Kier molecular flexibility index (Phi) is 5.75. The van der Waals surface area contributed by atoms with Gasteiger partial charge in [-0.15, -0.1) is 0 Å². The molecule has 0 spiro atoms. The van der Waals surface area contributed by atoms with Crippen LogP contribution in [0.1, 0.15) is 18.1 Å². The monoisotopic (exact) mass is 257 g/mol. The van der Waals surface area contributed by atoms with Crippen molar-refractivity contribution >= 4 is 11.6 Å². The van der Waals surface area contributed by atoms with Crippen LogP contribution in [0.15, 0.2) is 12.1 Å². The fourth-order valence-corrected chi connectivity index (χ4v) is 1.73. The molecule has 0 aliphatic carbocycles. The van der Waals surface area contributed by atoms with Crippen molar-refractivity contribution in [1.29, 1.82) is 0 Å². The topological polar surface area (TPSA) is 41.5 Å². The van der Waals surface area contributed by atoms with Gasteiger partial charge in [-0.25, -0.2) is 0 Å². The summed E-state index contributed by atoms with van der Waals surface area (Å²) in [7, 11) is 0. The number of aliphatic hydroxyl groups excluding tert-OH is 1. The summed E-state index contributed by atoms with van der Waals surface area (Å²) in [6.45, 7) is 7.48. The smallest absolute Gasteiger partial charge is 0.141 e. The molecule has 2 N–H and O–H groups in total. The molecule has 0 aliphatic heterocycles. The molecule has 0 amide bonds. The molecule has 1 unspecified atom stereocenters. The fourth-order valence-electron chi connectivity index (χ4n) is 1.46. The van der Waals surface area contributed by atoms with Gasteiger partial charge < -0.3 is 15.2 Å². The van der Waals surface area contributed by atoms with E-state index in [1.54, 1.807) is 6.92 Å². The van der Waals surface area contributed by atoms with Crippen molar-refractivity contribution in [2.24, 2.45) is 0 Å². The summed E-state index contributed by atoms with van der Waals surface area (Å²) in [5.74, 6) is 0.755. The molecular weight excluding hydrogens is 238 g/mol. The van der Waals surface area contributed by atoms with Gasteiger partial charge >= 0.3 is 0 Å². The zero-order valence-corrected chi connectivity index (χ0v) is 11.3. The van der Waals surface area contributed by atoms with Crippen LogP contribution >= 0.6 is 11.6 Å². The predicted molar refractivity (Wildman–Crippen MR) is 71.0 cm³/mol. The van der Waals surface area contributed by atoms with Gasteiger partial charge in [0.25, 0.3) is 0 Å². The largest absolute Gasteiger partial charge is 0.490 e. The average Bonchev–Trinajstić information content (AvgIpc) is 2.27. The van der Waals surface area contributed by atoms with E-state index in [2.05, 4.69) is 5.32 Å². The highest BCUT2D eigenvalue weighted by atomic mass is 35.5. The Labute approximate surface area is 108 Å². The van der Waals surface area contributed by atoms with Gasteiger partial charge in [0.05, 0.1) is 11.1 Å². The maximum absolute atomic E-state index is 9.07. The normalized spacial score (nSPS) is 12.5. The zero-order chi connectivity index (χ0) is 12.8. The zero-order valence-electron chi connectivity index (χ0n) is 10.6. The van der Waals surface area contributed by atoms with Crippen LogP contribution in [0.25, 0.3) is 0 Å². The molecule has 0 saturated heterocycles. The first kappa shape index (κ1) is 14.3. The molecular formula is C13H20ClNO2. The first-order valence-electron chi connectivity index (χ1n) is 5.79. The van der Waals surface area contributed by atoms with E-state index in [1.807, 2.05) is 26.0 Å². The van der Waals surface area contributed by atoms with E-state index in [0.717, 1.165) is 16.9 Å². The van der Waals surface area contributed by atoms with Crippen molar-refractivity contribution in [3.05, 3.63) is 28.3 Å². The minimum Gasteiger partial charge on any atom is -0.490 e. The number of rotatable bonds is 6. The van der Waals surface area contributed by atoms with Crippen molar-refractivity contribution in [3.63, 3.8) is 0 Å². The van der Waals surface area contributed by atoms with Gasteiger partial charge in [-0.2, -0.15) is 0 Å². The Morgan fingerprint density at radius 2 is 2.00 bits per heavy atom. The van der Waals surface area contributed by atoms with Crippen LogP contribution in [0, 0.1) is 13.8 Å². The summed E-state index contributed by atoms with van der Waals surface area (Å²) in [6.07, 6.45) is -0.334. The van der Waals surface area contributed by atoms with Crippen molar-refractivity contribution in [3.8, 4) is 5.75 Å². The molecule has 1 atom stereocenters. The Balaban J connectivity index is 2.44. The highest BCUT2D eigenvalue weighted by molar-refractivity contribution is 6.32. The van der Waals surface area contributed by atoms with Crippen LogP contribution < -0.4 is 10.1 Å². The lowest BCUT2D eigenvalue weighted by atomic mass is 10.1. The van der Waals surface area contributed by atoms with E-state index in [0.29, 0.717) is 24.7 Å². The average molecular weight is 258 g/mol. The Morgan fingerprint density at radius 1 is 1.35 bits per heavy atom. The number of halogens is 1. The fraction of sp³-hybridized carbons (Fsp3) is 0.538. The summed E-state index contributed by atoms with van der Waals surface area (Å²) < 4.78 is 5.65. The summed E-state index contributed by atoms with van der Waals surface area (Å²) in [5.41, 5.74) is 2.06. The van der Waals surface area contributed by atoms with Crippen molar-refractivity contribution in [2.75, 3.05) is 19.7 Å². The molecule has 0 saturated carbocycles. The highest BCUT2D eigenvalue weighted by Gasteiger charge is 2.07. The van der Waals surface area contributed by atoms with E-state index in [-0.39, 0.29) is 6.10 Å². The second-order valence-corrected chi connectivity index (χ2v) is 4.62. The molecule has 0 radical (unpaired) electrons. The van der Waals surface area contributed by atoms with Crippen molar-refractivity contribution in [1.82, 2.24) is 5.32 Å². The standard InChI is InChI=1S/C13H20ClNO2/c1-9-4-5-10(2)13(12(9)14)17-7-6-15-8-11(3)16/h4-5,11,15-16H,6-8H2,1-3H3. The van der Waals surface area contributed by atoms with Crippen LogP contribution in [-0.2, 0) is 0 Å². The number of benzene rings is 1. The molecule has 0 bridgehead atoms. The van der Waals surface area contributed by atoms with E-state index in [4.69, 9.17) is 21.4 Å². The maximum Gasteiger partial charge on any atom is 0.141 e. The first-order chi connectivity index (χ1) is 8.02. The van der Waals surface area contributed by atoms with Crippen LogP contribution in [0.2, 0.25) is 5.02 Å². The van der Waals surface area contributed by atoms with Gasteiger partial charge in [0.1, 0.15) is 12.4 Å². The number of hydrogen-bond acceptors (Lipinski definition) is 3. The first-order valence-corrected chi connectivity index (χ1v) is 6.17. The molecule has 96 valence electrons. The minimum atomic E-state index is -0.334. The SMILES string of the molecule is Cc1ccc(C)c(OCCNCC(C)O)c1Cl. The molecule has 0 aromatic heterocycles. The van der Waals surface area contributed by atoms with E-state index >= 15 is 0 Å². The Bertz CT molecular complexity index is 367. The number of aliphatic hydroxyl groups is 1. The third kappa shape index (κ3) is 4.54. The third-order valence-electron chi connectivity index (χ3n) is 2.45. The molecule has 4 heteroatoms. The highest BCUT2D eigenvalue weighted by Crippen LogP contribution is 2.31. The summed E-state index contributed by atoms with van der Waals surface area (Å²) in [6, 6.07) is 3.98. The maximum atomic E-state index is 9.07. The van der Waals surface area contributed by atoms with Gasteiger partial charge in [0.2, 0.25) is 0 Å². The van der Waals surface area contributed by atoms with Gasteiger partial charge in [0.15, 0.2) is 0 Å². The Hall–Kier alpha value is -0.770. The molecule has 0 fully saturated rings. The molecule has 0 aliphatic rings. The molecule has 1 aromatic rings. The number of aryl methyl sites for hydroxylation is 2. The van der Waals surface area contributed by atoms with E-state index in [9.17, 15) is 0 Å². The molecule has 3 nitrogen and oxygen atoms in total. The lowest BCUT2D eigenvalue weighted by molar-refractivity contribution is 0.188. The number of ether oxygens (including phenoxy) is 1. The van der Waals surface area contributed by atoms with Crippen molar-refractivity contribution in [2.45, 2.75) is 26.9 Å². The predicted octanol–water partition coefficient (Wildman–Crippen LogP) is 2.31. The minimum absolute atomic E-state index is 0.334.